The lowest BCUT2D eigenvalue weighted by Gasteiger charge is -2.32. The smallest absolute Gasteiger partial charge is 0.326 e. The maximum atomic E-state index is 13.2. The lowest BCUT2D eigenvalue weighted by molar-refractivity contribution is -0.757. The van der Waals surface area contributed by atoms with E-state index in [-0.39, 0.29) is 31.4 Å². The van der Waals surface area contributed by atoms with Crippen molar-refractivity contribution in [1.29, 1.82) is 0 Å². The molecule has 45 heavy (non-hydrogen) atoms. The number of aromatic nitrogens is 4. The first-order valence-electron chi connectivity index (χ1n) is 14.8. The minimum absolute atomic E-state index is 0.0534. The average molecular weight is 615 g/mol. The number of carboxylic acids is 1. The summed E-state index contributed by atoms with van der Waals surface area (Å²) in [7, 11) is 0. The molecule has 0 aliphatic carbocycles. The first kappa shape index (κ1) is 32.8. The van der Waals surface area contributed by atoms with Gasteiger partial charge in [0.15, 0.2) is 0 Å². The summed E-state index contributed by atoms with van der Waals surface area (Å²) < 4.78 is 0. The second-order valence-corrected chi connectivity index (χ2v) is 11.6. The van der Waals surface area contributed by atoms with Gasteiger partial charge in [-0.2, -0.15) is 4.80 Å². The Labute approximate surface area is 261 Å². The summed E-state index contributed by atoms with van der Waals surface area (Å²) in [6, 6.07) is 24.3. The van der Waals surface area contributed by atoms with Gasteiger partial charge < -0.3 is 14.8 Å². The van der Waals surface area contributed by atoms with E-state index in [0.717, 1.165) is 27.8 Å². The summed E-state index contributed by atoms with van der Waals surface area (Å²) >= 11 is 0. The molecule has 0 aliphatic heterocycles. The van der Waals surface area contributed by atoms with Gasteiger partial charge in [0.05, 0.1) is 6.61 Å². The number of unbranched alkanes of at least 4 members (excludes halogenated alkanes) is 1. The molecule has 1 amide bonds. The van der Waals surface area contributed by atoms with E-state index in [1.165, 1.54) is 4.90 Å². The highest BCUT2D eigenvalue weighted by atomic mass is 16.9. The number of hydrogen-bond acceptors (Lipinski definition) is 8. The molecule has 3 aromatic carbocycles. The van der Waals surface area contributed by atoms with Gasteiger partial charge in [-0.1, -0.05) is 92.7 Å². The average Bonchev–Trinajstić information content (AvgIpc) is 3.52. The number of carboxylic acid groups (broad SMARTS) is 1. The molecule has 0 fully saturated rings. The van der Waals surface area contributed by atoms with Crippen molar-refractivity contribution in [3.8, 4) is 22.5 Å². The van der Waals surface area contributed by atoms with E-state index < -0.39 is 22.6 Å². The fraction of sp³-hybridized carbons (Fsp3) is 0.364. The zero-order chi connectivity index (χ0) is 32.6. The van der Waals surface area contributed by atoms with Gasteiger partial charge in [0.2, 0.25) is 11.7 Å². The largest absolute Gasteiger partial charge is 0.480 e. The Morgan fingerprint density at radius 3 is 2.24 bits per heavy atom. The summed E-state index contributed by atoms with van der Waals surface area (Å²) in [5.74, 6) is -1.26. The van der Waals surface area contributed by atoms with Crippen molar-refractivity contribution in [2.75, 3.05) is 6.61 Å². The number of aliphatic carboxylic acids is 1. The van der Waals surface area contributed by atoms with Crippen molar-refractivity contribution < 1.29 is 24.6 Å². The van der Waals surface area contributed by atoms with Crippen LogP contribution in [-0.4, -0.2) is 59.8 Å². The van der Waals surface area contributed by atoms with Crippen molar-refractivity contribution in [3.63, 3.8) is 0 Å². The van der Waals surface area contributed by atoms with Crippen LogP contribution in [0.5, 0.6) is 0 Å². The van der Waals surface area contributed by atoms with Crippen LogP contribution in [0.2, 0.25) is 0 Å². The fourth-order valence-electron chi connectivity index (χ4n) is 5.22. The molecule has 0 aliphatic rings. The molecule has 236 valence electrons. The SMILES string of the molecule is CC(C)[C@@H](C(=O)O)N(Cc1ccc(-c2ccccc2-c2nnn(C(C)(C)c3ccccc3)n2)cc1)C(=O)CCCCO[N+](=O)[O-]. The number of carbonyl (C=O) groups excluding carboxylic acids is 1. The van der Waals surface area contributed by atoms with Crippen LogP contribution in [0.4, 0.5) is 0 Å². The molecule has 0 bridgehead atoms. The zero-order valence-corrected chi connectivity index (χ0v) is 25.9. The molecule has 4 rings (SSSR count). The van der Waals surface area contributed by atoms with Crippen LogP contribution < -0.4 is 0 Å². The van der Waals surface area contributed by atoms with Gasteiger partial charge in [0.25, 0.3) is 5.09 Å². The van der Waals surface area contributed by atoms with Gasteiger partial charge in [-0.15, -0.1) is 20.3 Å². The van der Waals surface area contributed by atoms with Crippen LogP contribution in [-0.2, 0) is 26.5 Å². The highest BCUT2D eigenvalue weighted by Gasteiger charge is 2.32. The number of rotatable bonds is 15. The van der Waals surface area contributed by atoms with Crippen molar-refractivity contribution in [2.24, 2.45) is 5.92 Å². The minimum atomic E-state index is -1.09. The summed E-state index contributed by atoms with van der Waals surface area (Å²) in [6.07, 6.45) is 0.697. The lowest BCUT2D eigenvalue weighted by atomic mass is 9.95. The molecule has 1 atom stereocenters. The standard InChI is InChI=1S/C33H38N6O6/c1-23(2)30(32(41)42)37(29(40)16-10-11-21-45-39(43)44)22-24-17-19-25(20-18-24)27-14-8-9-15-28(27)31-34-36-38(35-31)33(3,4)26-12-6-5-7-13-26/h5-9,12-15,17-20,23,30H,10-11,16,21-22H2,1-4H3,(H,41,42)/t30-/m0/s1. The molecule has 0 unspecified atom stereocenters. The van der Waals surface area contributed by atoms with Gasteiger partial charge in [0, 0.05) is 18.5 Å². The number of nitrogens with zero attached hydrogens (tertiary/aromatic N) is 6. The number of hydrogen-bond donors (Lipinski definition) is 1. The van der Waals surface area contributed by atoms with Crippen LogP contribution in [0.25, 0.3) is 22.5 Å². The number of carbonyl (C=O) groups is 2. The van der Waals surface area contributed by atoms with E-state index in [1.54, 1.807) is 18.6 Å². The van der Waals surface area contributed by atoms with Crippen LogP contribution in [0.15, 0.2) is 78.9 Å². The van der Waals surface area contributed by atoms with Crippen LogP contribution in [0.3, 0.4) is 0 Å². The molecule has 12 heteroatoms. The first-order chi connectivity index (χ1) is 21.5. The topological polar surface area (TPSA) is 154 Å². The molecular weight excluding hydrogens is 576 g/mol. The second-order valence-electron chi connectivity index (χ2n) is 11.6. The Morgan fingerprint density at radius 2 is 1.62 bits per heavy atom. The van der Waals surface area contributed by atoms with Gasteiger partial charge >= 0.3 is 5.97 Å². The van der Waals surface area contributed by atoms with E-state index in [9.17, 15) is 24.8 Å². The fourth-order valence-corrected chi connectivity index (χ4v) is 5.22. The maximum Gasteiger partial charge on any atom is 0.326 e. The third-order valence-electron chi connectivity index (χ3n) is 7.70. The van der Waals surface area contributed by atoms with Gasteiger partial charge in [-0.05, 0) is 60.1 Å². The number of amides is 1. The molecule has 4 aromatic rings. The predicted molar refractivity (Wildman–Crippen MR) is 167 cm³/mol. The molecule has 12 nitrogen and oxygen atoms in total. The highest BCUT2D eigenvalue weighted by molar-refractivity contribution is 5.84. The Balaban J connectivity index is 1.55. The van der Waals surface area contributed by atoms with E-state index in [1.807, 2.05) is 92.7 Å². The van der Waals surface area contributed by atoms with E-state index >= 15 is 0 Å². The summed E-state index contributed by atoms with van der Waals surface area (Å²) in [5.41, 5.74) is 3.91. The quantitative estimate of drug-likeness (QED) is 0.102. The summed E-state index contributed by atoms with van der Waals surface area (Å²) in [4.78, 5) is 43.1. The Morgan fingerprint density at radius 1 is 0.978 bits per heavy atom. The van der Waals surface area contributed by atoms with E-state index in [0.29, 0.717) is 18.7 Å². The molecule has 1 aromatic heterocycles. The van der Waals surface area contributed by atoms with Crippen molar-refractivity contribution in [2.45, 2.75) is 65.1 Å². The number of benzene rings is 3. The molecule has 0 radical (unpaired) electrons. The van der Waals surface area contributed by atoms with Gasteiger partial charge in [0.1, 0.15) is 11.6 Å². The second kappa shape index (κ2) is 14.6. The molecule has 1 N–H and O–H groups in total. The first-order valence-corrected chi connectivity index (χ1v) is 14.8. The van der Waals surface area contributed by atoms with Crippen molar-refractivity contribution in [1.82, 2.24) is 25.1 Å². The van der Waals surface area contributed by atoms with E-state index in [2.05, 4.69) is 15.1 Å². The summed E-state index contributed by atoms with van der Waals surface area (Å²) in [5, 5.41) is 32.9. The molecule has 0 spiro atoms. The highest BCUT2D eigenvalue weighted by Crippen LogP contribution is 2.32. The third kappa shape index (κ3) is 8.08. The minimum Gasteiger partial charge on any atom is -0.480 e. The molecule has 0 saturated carbocycles. The van der Waals surface area contributed by atoms with Gasteiger partial charge in [-0.25, -0.2) is 4.79 Å². The maximum absolute atomic E-state index is 13.2. The molecule has 0 saturated heterocycles. The monoisotopic (exact) mass is 614 g/mol. The zero-order valence-electron chi connectivity index (χ0n) is 25.9. The van der Waals surface area contributed by atoms with Crippen molar-refractivity contribution in [3.05, 3.63) is 100 Å². The third-order valence-corrected chi connectivity index (χ3v) is 7.70. The van der Waals surface area contributed by atoms with Crippen LogP contribution >= 0.6 is 0 Å². The Bertz CT molecular complexity index is 1600. The van der Waals surface area contributed by atoms with Crippen molar-refractivity contribution >= 4 is 11.9 Å². The molecular formula is C33H38N6O6. The normalized spacial score (nSPS) is 12.1. The predicted octanol–water partition coefficient (Wildman–Crippen LogP) is 5.61. The molecule has 1 heterocycles. The number of tetrazole rings is 1. The van der Waals surface area contributed by atoms with Crippen LogP contribution in [0.1, 0.15) is 58.1 Å². The lowest BCUT2D eigenvalue weighted by Crippen LogP contribution is -2.47. The Hall–Kier alpha value is -5.13. The Kier molecular flexibility index (Phi) is 10.6. The van der Waals surface area contributed by atoms with Crippen LogP contribution in [0, 0.1) is 16.0 Å². The summed E-state index contributed by atoms with van der Waals surface area (Å²) in [6.45, 7) is 7.57. The van der Waals surface area contributed by atoms with E-state index in [4.69, 9.17) is 5.10 Å². The van der Waals surface area contributed by atoms with Gasteiger partial charge in [-0.3, -0.25) is 4.79 Å².